The van der Waals surface area contributed by atoms with Gasteiger partial charge in [0.05, 0.1) is 0 Å². The highest BCUT2D eigenvalue weighted by Crippen LogP contribution is 2.35. The standard InChI is InChI=1S/C13H21N3/c1-10-8-12(15-9-14-10)16-11-4-6-13(2,3)7-5-11/h8-9,11H,4-7H2,1-3H3,(H,14,15,16). The molecule has 16 heavy (non-hydrogen) atoms. The van der Waals surface area contributed by atoms with Gasteiger partial charge in [0.15, 0.2) is 0 Å². The number of aromatic nitrogens is 2. The van der Waals surface area contributed by atoms with Crippen molar-refractivity contribution in [2.45, 2.75) is 52.5 Å². The van der Waals surface area contributed by atoms with E-state index in [-0.39, 0.29) is 0 Å². The normalized spacial score (nSPS) is 20.7. The van der Waals surface area contributed by atoms with Gasteiger partial charge in [-0.2, -0.15) is 0 Å². The van der Waals surface area contributed by atoms with Gasteiger partial charge in [0, 0.05) is 17.8 Å². The first-order chi connectivity index (χ1) is 7.55. The summed E-state index contributed by atoms with van der Waals surface area (Å²) in [5.74, 6) is 0.970. The van der Waals surface area contributed by atoms with Gasteiger partial charge in [0.1, 0.15) is 12.1 Å². The minimum atomic E-state index is 0.528. The number of nitrogens with zero attached hydrogens (tertiary/aromatic N) is 2. The lowest BCUT2D eigenvalue weighted by molar-refractivity contribution is 0.232. The molecule has 0 spiro atoms. The van der Waals surface area contributed by atoms with Crippen LogP contribution in [0.3, 0.4) is 0 Å². The van der Waals surface area contributed by atoms with E-state index in [9.17, 15) is 0 Å². The van der Waals surface area contributed by atoms with Gasteiger partial charge in [0.25, 0.3) is 0 Å². The van der Waals surface area contributed by atoms with Crippen LogP contribution in [0.25, 0.3) is 0 Å². The Morgan fingerprint density at radius 3 is 2.56 bits per heavy atom. The van der Waals surface area contributed by atoms with E-state index in [2.05, 4.69) is 29.1 Å². The summed E-state index contributed by atoms with van der Waals surface area (Å²) >= 11 is 0. The van der Waals surface area contributed by atoms with E-state index in [4.69, 9.17) is 0 Å². The van der Waals surface area contributed by atoms with Gasteiger partial charge in [-0.25, -0.2) is 9.97 Å². The molecule has 3 heteroatoms. The quantitative estimate of drug-likeness (QED) is 0.830. The van der Waals surface area contributed by atoms with Gasteiger partial charge in [-0.05, 0) is 38.0 Å². The molecule has 0 aliphatic heterocycles. The molecule has 0 amide bonds. The van der Waals surface area contributed by atoms with Gasteiger partial charge in [-0.3, -0.25) is 0 Å². The molecule has 1 aliphatic rings. The van der Waals surface area contributed by atoms with Crippen LogP contribution in [-0.2, 0) is 0 Å². The third-order valence-electron chi connectivity index (χ3n) is 3.49. The Morgan fingerprint density at radius 2 is 1.94 bits per heavy atom. The molecule has 0 saturated heterocycles. The van der Waals surface area contributed by atoms with Crippen molar-refractivity contribution in [3.8, 4) is 0 Å². The van der Waals surface area contributed by atoms with E-state index in [1.54, 1.807) is 6.33 Å². The van der Waals surface area contributed by atoms with E-state index < -0.39 is 0 Å². The van der Waals surface area contributed by atoms with E-state index in [1.165, 1.54) is 25.7 Å². The second kappa shape index (κ2) is 4.40. The minimum Gasteiger partial charge on any atom is -0.367 e. The Balaban J connectivity index is 1.92. The molecular weight excluding hydrogens is 198 g/mol. The van der Waals surface area contributed by atoms with Crippen LogP contribution in [0.2, 0.25) is 0 Å². The Bertz CT molecular complexity index is 350. The molecule has 0 atom stereocenters. The molecule has 0 aromatic carbocycles. The van der Waals surface area contributed by atoms with Crippen LogP contribution in [0.5, 0.6) is 0 Å². The number of rotatable bonds is 2. The highest BCUT2D eigenvalue weighted by molar-refractivity contribution is 5.35. The highest BCUT2D eigenvalue weighted by atomic mass is 15.0. The first kappa shape index (κ1) is 11.4. The number of hydrogen-bond acceptors (Lipinski definition) is 3. The van der Waals surface area contributed by atoms with E-state index in [0.29, 0.717) is 11.5 Å². The molecular formula is C13H21N3. The van der Waals surface area contributed by atoms with Crippen LogP contribution < -0.4 is 5.32 Å². The Kier molecular flexibility index (Phi) is 3.13. The van der Waals surface area contributed by atoms with Gasteiger partial charge in [-0.1, -0.05) is 13.8 Å². The predicted molar refractivity (Wildman–Crippen MR) is 66.4 cm³/mol. The summed E-state index contributed by atoms with van der Waals surface area (Å²) in [5, 5.41) is 3.51. The zero-order chi connectivity index (χ0) is 11.6. The highest BCUT2D eigenvalue weighted by Gasteiger charge is 2.26. The Labute approximate surface area is 97.7 Å². The molecule has 0 bridgehead atoms. The van der Waals surface area contributed by atoms with Crippen molar-refractivity contribution in [2.75, 3.05) is 5.32 Å². The third-order valence-corrected chi connectivity index (χ3v) is 3.49. The molecule has 2 rings (SSSR count). The molecule has 88 valence electrons. The average molecular weight is 219 g/mol. The zero-order valence-electron chi connectivity index (χ0n) is 10.5. The van der Waals surface area contributed by atoms with Gasteiger partial charge in [0.2, 0.25) is 0 Å². The molecule has 1 heterocycles. The molecule has 0 radical (unpaired) electrons. The van der Waals surface area contributed by atoms with Crippen LogP contribution >= 0.6 is 0 Å². The number of anilines is 1. The smallest absolute Gasteiger partial charge is 0.129 e. The first-order valence-corrected chi connectivity index (χ1v) is 6.10. The van der Waals surface area contributed by atoms with Crippen molar-refractivity contribution in [3.05, 3.63) is 18.1 Å². The number of aryl methyl sites for hydroxylation is 1. The maximum Gasteiger partial charge on any atom is 0.129 e. The van der Waals surface area contributed by atoms with Crippen LogP contribution in [-0.4, -0.2) is 16.0 Å². The molecule has 1 fully saturated rings. The largest absolute Gasteiger partial charge is 0.367 e. The summed E-state index contributed by atoms with van der Waals surface area (Å²) in [6.07, 6.45) is 6.72. The minimum absolute atomic E-state index is 0.528. The summed E-state index contributed by atoms with van der Waals surface area (Å²) in [6, 6.07) is 2.60. The Morgan fingerprint density at radius 1 is 1.25 bits per heavy atom. The topological polar surface area (TPSA) is 37.8 Å². The Hall–Kier alpha value is -1.12. The van der Waals surface area contributed by atoms with E-state index in [1.807, 2.05) is 13.0 Å². The summed E-state index contributed by atoms with van der Waals surface area (Å²) < 4.78 is 0. The van der Waals surface area contributed by atoms with E-state index in [0.717, 1.165) is 11.5 Å². The van der Waals surface area contributed by atoms with Crippen LogP contribution in [0, 0.1) is 12.3 Å². The second-order valence-corrected chi connectivity index (χ2v) is 5.63. The molecule has 1 aliphatic carbocycles. The van der Waals surface area contributed by atoms with Crippen LogP contribution in [0.1, 0.15) is 45.2 Å². The lowest BCUT2D eigenvalue weighted by atomic mass is 9.75. The van der Waals surface area contributed by atoms with Crippen LogP contribution in [0.4, 0.5) is 5.82 Å². The predicted octanol–water partition coefficient (Wildman–Crippen LogP) is 3.17. The fourth-order valence-electron chi connectivity index (χ4n) is 2.29. The van der Waals surface area contributed by atoms with Crippen molar-refractivity contribution in [2.24, 2.45) is 5.41 Å². The monoisotopic (exact) mass is 219 g/mol. The lowest BCUT2D eigenvalue weighted by Gasteiger charge is -2.34. The molecule has 0 unspecified atom stereocenters. The second-order valence-electron chi connectivity index (χ2n) is 5.63. The molecule has 1 aromatic heterocycles. The zero-order valence-corrected chi connectivity index (χ0v) is 10.5. The SMILES string of the molecule is Cc1cc(NC2CCC(C)(C)CC2)ncn1. The lowest BCUT2D eigenvalue weighted by Crippen LogP contribution is -2.30. The van der Waals surface area contributed by atoms with Gasteiger partial charge < -0.3 is 5.32 Å². The summed E-state index contributed by atoms with van der Waals surface area (Å²) in [5.41, 5.74) is 1.55. The number of nitrogens with one attached hydrogen (secondary N) is 1. The fraction of sp³-hybridized carbons (Fsp3) is 0.692. The molecule has 1 N–H and O–H groups in total. The van der Waals surface area contributed by atoms with Crippen molar-refractivity contribution in [1.29, 1.82) is 0 Å². The molecule has 1 aromatic rings. The van der Waals surface area contributed by atoms with Crippen molar-refractivity contribution in [1.82, 2.24) is 9.97 Å². The maximum absolute atomic E-state index is 4.25. The average Bonchev–Trinajstić information content (AvgIpc) is 2.21. The van der Waals surface area contributed by atoms with E-state index >= 15 is 0 Å². The van der Waals surface area contributed by atoms with Crippen molar-refractivity contribution in [3.63, 3.8) is 0 Å². The summed E-state index contributed by atoms with van der Waals surface area (Å²) in [7, 11) is 0. The molecule has 3 nitrogen and oxygen atoms in total. The fourth-order valence-corrected chi connectivity index (χ4v) is 2.29. The summed E-state index contributed by atoms with van der Waals surface area (Å²) in [6.45, 7) is 6.72. The van der Waals surface area contributed by atoms with Gasteiger partial charge >= 0.3 is 0 Å². The van der Waals surface area contributed by atoms with Crippen molar-refractivity contribution < 1.29 is 0 Å². The maximum atomic E-state index is 4.25. The first-order valence-electron chi connectivity index (χ1n) is 6.10. The van der Waals surface area contributed by atoms with Crippen LogP contribution in [0.15, 0.2) is 12.4 Å². The number of hydrogen-bond donors (Lipinski definition) is 1. The van der Waals surface area contributed by atoms with Crippen molar-refractivity contribution >= 4 is 5.82 Å². The molecule has 1 saturated carbocycles. The van der Waals surface area contributed by atoms with Gasteiger partial charge in [-0.15, -0.1) is 0 Å². The third kappa shape index (κ3) is 2.94. The summed E-state index contributed by atoms with van der Waals surface area (Å²) in [4.78, 5) is 8.35.